The lowest BCUT2D eigenvalue weighted by atomic mass is 9.84. The van der Waals surface area contributed by atoms with Crippen LogP contribution in [-0.4, -0.2) is 21.8 Å². The standard InChI is InChI=1S/C25H16Br2Cl2N4O/c1-32-22-18-10-17(28)11-19(29)24(18)34-23(14-4-8-16(27)9-5-14)20(22)21(33-25(32)30-12-31-33)13-2-6-15(26)7-3-13/h2-12,21,23H,1H3/t21-,23+/m0/s1. The van der Waals surface area contributed by atoms with E-state index >= 15 is 0 Å². The van der Waals surface area contributed by atoms with E-state index < -0.39 is 6.10 Å². The second-order valence-corrected chi connectivity index (χ2v) is 10.8. The van der Waals surface area contributed by atoms with Crippen LogP contribution in [0, 0.1) is 0 Å². The summed E-state index contributed by atoms with van der Waals surface area (Å²) in [7, 11) is 1.98. The normalized spacial score (nSPS) is 18.8. The van der Waals surface area contributed by atoms with Gasteiger partial charge in [-0.2, -0.15) is 10.1 Å². The number of aromatic nitrogens is 3. The molecule has 0 fully saturated rings. The number of benzene rings is 3. The molecule has 0 saturated heterocycles. The molecule has 3 heterocycles. The maximum absolute atomic E-state index is 6.67. The van der Waals surface area contributed by atoms with Gasteiger partial charge in [-0.05, 0) is 47.5 Å². The van der Waals surface area contributed by atoms with Crippen molar-refractivity contribution in [3.8, 4) is 5.75 Å². The fourth-order valence-electron chi connectivity index (χ4n) is 4.71. The molecule has 0 unspecified atom stereocenters. The molecule has 34 heavy (non-hydrogen) atoms. The number of hydrogen-bond acceptors (Lipinski definition) is 4. The van der Waals surface area contributed by atoms with Crippen molar-refractivity contribution in [2.45, 2.75) is 12.1 Å². The van der Waals surface area contributed by atoms with E-state index in [0.29, 0.717) is 15.8 Å². The van der Waals surface area contributed by atoms with Gasteiger partial charge in [-0.15, -0.1) is 0 Å². The number of hydrogen-bond donors (Lipinski definition) is 0. The molecule has 2 aliphatic heterocycles. The smallest absolute Gasteiger partial charge is 0.229 e. The third-order valence-corrected chi connectivity index (χ3v) is 7.70. The fraction of sp³-hybridized carbons (Fsp3) is 0.120. The molecule has 170 valence electrons. The summed E-state index contributed by atoms with van der Waals surface area (Å²) in [6.07, 6.45) is 1.18. The van der Waals surface area contributed by atoms with Crippen molar-refractivity contribution in [3.63, 3.8) is 0 Å². The highest BCUT2D eigenvalue weighted by Gasteiger charge is 2.43. The Bertz CT molecular complexity index is 1450. The van der Waals surface area contributed by atoms with Gasteiger partial charge in [-0.3, -0.25) is 0 Å². The number of rotatable bonds is 2. The topological polar surface area (TPSA) is 43.2 Å². The average Bonchev–Trinajstić information content (AvgIpc) is 3.30. The van der Waals surface area contributed by atoms with Gasteiger partial charge >= 0.3 is 0 Å². The van der Waals surface area contributed by atoms with Gasteiger partial charge in [-0.1, -0.05) is 79.3 Å². The highest BCUT2D eigenvalue weighted by molar-refractivity contribution is 9.10. The van der Waals surface area contributed by atoms with Gasteiger partial charge in [0.2, 0.25) is 5.95 Å². The van der Waals surface area contributed by atoms with Crippen LogP contribution in [0.3, 0.4) is 0 Å². The molecule has 0 radical (unpaired) electrons. The summed E-state index contributed by atoms with van der Waals surface area (Å²) >= 11 is 20.2. The van der Waals surface area contributed by atoms with Gasteiger partial charge in [0.1, 0.15) is 24.2 Å². The van der Waals surface area contributed by atoms with Gasteiger partial charge in [0.15, 0.2) is 0 Å². The molecular weight excluding hydrogens is 603 g/mol. The third-order valence-electron chi connectivity index (χ3n) is 6.14. The van der Waals surface area contributed by atoms with E-state index in [1.165, 1.54) is 0 Å². The Morgan fingerprint density at radius 1 is 0.912 bits per heavy atom. The van der Waals surface area contributed by atoms with E-state index in [-0.39, 0.29) is 6.04 Å². The molecule has 0 spiro atoms. The zero-order valence-corrected chi connectivity index (χ0v) is 22.4. The maximum atomic E-state index is 6.67. The molecule has 9 heteroatoms. The Kier molecular flexibility index (Phi) is 5.48. The van der Waals surface area contributed by atoms with Crippen LogP contribution in [0.5, 0.6) is 5.75 Å². The number of ether oxygens (including phenoxy) is 1. The number of halogens is 4. The zero-order chi connectivity index (χ0) is 23.6. The first-order chi connectivity index (χ1) is 16.4. The third kappa shape index (κ3) is 3.49. The predicted molar refractivity (Wildman–Crippen MR) is 142 cm³/mol. The van der Waals surface area contributed by atoms with Crippen molar-refractivity contribution in [2.75, 3.05) is 11.9 Å². The molecule has 2 atom stereocenters. The highest BCUT2D eigenvalue weighted by Crippen LogP contribution is 2.54. The van der Waals surface area contributed by atoms with E-state index in [4.69, 9.17) is 27.9 Å². The molecule has 0 saturated carbocycles. The molecule has 5 nitrogen and oxygen atoms in total. The van der Waals surface area contributed by atoms with E-state index in [2.05, 4.69) is 66.2 Å². The minimum atomic E-state index is -0.400. The van der Waals surface area contributed by atoms with Gasteiger partial charge in [0, 0.05) is 32.2 Å². The molecule has 0 N–H and O–H groups in total. The van der Waals surface area contributed by atoms with Gasteiger partial charge in [0.05, 0.1) is 10.7 Å². The van der Waals surface area contributed by atoms with Crippen LogP contribution < -0.4 is 9.64 Å². The molecule has 4 aromatic rings. The molecule has 2 aliphatic rings. The number of anilines is 1. The van der Waals surface area contributed by atoms with Crippen LogP contribution >= 0.6 is 55.1 Å². The van der Waals surface area contributed by atoms with Crippen molar-refractivity contribution in [3.05, 3.63) is 108 Å². The summed E-state index contributed by atoms with van der Waals surface area (Å²) in [4.78, 5) is 6.61. The van der Waals surface area contributed by atoms with Gasteiger partial charge < -0.3 is 9.64 Å². The SMILES string of the molecule is CN1C2=C([C@H](c3ccc(Br)cc3)n3ncnc31)[C@@H](c1ccc(Br)cc1)Oc1c(Cl)cc(Cl)cc12. The first-order valence-electron chi connectivity index (χ1n) is 10.5. The Labute approximate surface area is 223 Å². The zero-order valence-electron chi connectivity index (χ0n) is 17.7. The van der Waals surface area contributed by atoms with Crippen molar-refractivity contribution in [2.24, 2.45) is 0 Å². The molecule has 1 aromatic heterocycles. The van der Waals surface area contributed by atoms with E-state index in [1.54, 1.807) is 12.4 Å². The summed E-state index contributed by atoms with van der Waals surface area (Å²) in [5.41, 5.74) is 4.91. The molecule has 0 amide bonds. The summed E-state index contributed by atoms with van der Waals surface area (Å²) in [6, 6.07) is 19.8. The molecule has 6 rings (SSSR count). The van der Waals surface area contributed by atoms with Crippen LogP contribution in [-0.2, 0) is 0 Å². The maximum Gasteiger partial charge on any atom is 0.229 e. The second kappa shape index (κ2) is 8.41. The Morgan fingerprint density at radius 2 is 1.56 bits per heavy atom. The first kappa shape index (κ1) is 22.2. The minimum absolute atomic E-state index is 0.239. The van der Waals surface area contributed by atoms with Crippen LogP contribution in [0.4, 0.5) is 5.95 Å². The van der Waals surface area contributed by atoms with Gasteiger partial charge in [0.25, 0.3) is 0 Å². The lowest BCUT2D eigenvalue weighted by Gasteiger charge is -2.42. The van der Waals surface area contributed by atoms with Crippen molar-refractivity contribution >= 4 is 66.7 Å². The Balaban J connectivity index is 1.68. The minimum Gasteiger partial charge on any atom is -0.479 e. The summed E-state index contributed by atoms with van der Waals surface area (Å²) in [5.74, 6) is 1.33. The largest absolute Gasteiger partial charge is 0.479 e. The molecular formula is C25H16Br2Cl2N4O. The van der Waals surface area contributed by atoms with Crippen molar-refractivity contribution in [1.82, 2.24) is 14.8 Å². The molecule has 0 aliphatic carbocycles. The van der Waals surface area contributed by atoms with E-state index in [0.717, 1.165) is 42.9 Å². The van der Waals surface area contributed by atoms with Crippen LogP contribution in [0.25, 0.3) is 5.70 Å². The van der Waals surface area contributed by atoms with E-state index in [1.807, 2.05) is 47.0 Å². The fourth-order valence-corrected chi connectivity index (χ4v) is 5.78. The van der Waals surface area contributed by atoms with Crippen LogP contribution in [0.15, 0.2) is 81.5 Å². The predicted octanol–water partition coefficient (Wildman–Crippen LogP) is 7.69. The highest BCUT2D eigenvalue weighted by atomic mass is 79.9. The van der Waals surface area contributed by atoms with E-state index in [9.17, 15) is 0 Å². The second-order valence-electron chi connectivity index (χ2n) is 8.14. The first-order valence-corrected chi connectivity index (χ1v) is 12.8. The number of fused-ring (bicyclic) bond motifs is 3. The quantitative estimate of drug-likeness (QED) is 0.231. The number of nitrogens with zero attached hydrogens (tertiary/aromatic N) is 4. The van der Waals surface area contributed by atoms with Crippen molar-refractivity contribution < 1.29 is 4.74 Å². The Hall–Kier alpha value is -2.32. The van der Waals surface area contributed by atoms with Crippen molar-refractivity contribution in [1.29, 1.82) is 0 Å². The average molecular weight is 619 g/mol. The summed E-state index contributed by atoms with van der Waals surface area (Å²) < 4.78 is 10.6. The monoisotopic (exact) mass is 616 g/mol. The summed E-state index contributed by atoms with van der Waals surface area (Å²) in [6.45, 7) is 0. The molecule has 3 aromatic carbocycles. The van der Waals surface area contributed by atoms with Gasteiger partial charge in [-0.25, -0.2) is 4.68 Å². The Morgan fingerprint density at radius 3 is 2.24 bits per heavy atom. The molecule has 0 bridgehead atoms. The van der Waals surface area contributed by atoms with Crippen LogP contribution in [0.2, 0.25) is 10.0 Å². The van der Waals surface area contributed by atoms with Crippen LogP contribution in [0.1, 0.15) is 28.8 Å². The summed E-state index contributed by atoms with van der Waals surface area (Å²) in [5, 5.41) is 5.63. The lowest BCUT2D eigenvalue weighted by molar-refractivity contribution is 0.222. The lowest BCUT2D eigenvalue weighted by Crippen LogP contribution is -2.37.